The summed E-state index contributed by atoms with van der Waals surface area (Å²) in [5.74, 6) is 1.18. The monoisotopic (exact) mass is 534 g/mol. The predicted octanol–water partition coefficient (Wildman–Crippen LogP) is 4.56. The average Bonchev–Trinajstić information content (AvgIpc) is 3.02. The van der Waals surface area contributed by atoms with Crippen LogP contribution in [0, 0.1) is 6.92 Å². The number of pyridine rings is 1. The van der Waals surface area contributed by atoms with Gasteiger partial charge in [0.15, 0.2) is 12.6 Å². The number of furan rings is 1. The third-order valence-electron chi connectivity index (χ3n) is 4.25. The zero-order valence-corrected chi connectivity index (χ0v) is 18.7. The van der Waals surface area contributed by atoms with E-state index in [1.807, 2.05) is 31.2 Å². The van der Waals surface area contributed by atoms with E-state index in [-0.39, 0.29) is 36.4 Å². The minimum atomic E-state index is -4.43. The molecule has 162 valence electrons. The third kappa shape index (κ3) is 6.25. The second-order valence-electron chi connectivity index (χ2n) is 6.30. The Labute approximate surface area is 188 Å². The Kier molecular flexibility index (Phi) is 8.33. The molecule has 0 radical (unpaired) electrons. The maximum Gasteiger partial charge on any atom is 0.422 e. The van der Waals surface area contributed by atoms with Gasteiger partial charge in [-0.05, 0) is 19.1 Å². The van der Waals surface area contributed by atoms with Gasteiger partial charge >= 0.3 is 6.18 Å². The molecule has 0 atom stereocenters. The van der Waals surface area contributed by atoms with Crippen LogP contribution in [0.5, 0.6) is 5.88 Å². The van der Waals surface area contributed by atoms with Crippen molar-refractivity contribution < 1.29 is 22.3 Å². The molecule has 6 nitrogen and oxygen atoms in total. The third-order valence-corrected chi connectivity index (χ3v) is 4.25. The summed E-state index contributed by atoms with van der Waals surface area (Å²) in [6.45, 7) is 1.19. The molecule has 2 N–H and O–H groups in total. The van der Waals surface area contributed by atoms with Crippen molar-refractivity contribution in [1.29, 1.82) is 0 Å². The smallest absolute Gasteiger partial charge is 0.422 e. The standard InChI is InChI=1S/C20H21F3N4O2.HI/c1-13-15-7-3-4-8-16(15)29-17(13)11-27-19(24-2)26-10-14-6-5-9-25-18(14)28-12-20(21,22)23;/h3-9H,10-12H2,1-2H3,(H2,24,26,27);1H. The second kappa shape index (κ2) is 10.5. The summed E-state index contributed by atoms with van der Waals surface area (Å²) in [5, 5.41) is 7.23. The van der Waals surface area contributed by atoms with Gasteiger partial charge < -0.3 is 19.8 Å². The maximum atomic E-state index is 12.4. The molecule has 30 heavy (non-hydrogen) atoms. The summed E-state index contributed by atoms with van der Waals surface area (Å²) in [4.78, 5) is 8.01. The van der Waals surface area contributed by atoms with Crippen molar-refractivity contribution in [2.75, 3.05) is 13.7 Å². The zero-order chi connectivity index (χ0) is 20.9. The molecule has 3 rings (SSSR count). The van der Waals surface area contributed by atoms with E-state index in [0.29, 0.717) is 18.1 Å². The van der Waals surface area contributed by atoms with Gasteiger partial charge in [0.2, 0.25) is 5.88 Å². The van der Waals surface area contributed by atoms with Crippen LogP contribution in [0.3, 0.4) is 0 Å². The van der Waals surface area contributed by atoms with Gasteiger partial charge in [-0.15, -0.1) is 24.0 Å². The van der Waals surface area contributed by atoms with Crippen molar-refractivity contribution in [2.45, 2.75) is 26.2 Å². The van der Waals surface area contributed by atoms with E-state index in [0.717, 1.165) is 22.3 Å². The van der Waals surface area contributed by atoms with Crippen LogP contribution in [0.1, 0.15) is 16.9 Å². The van der Waals surface area contributed by atoms with Crippen molar-refractivity contribution >= 4 is 40.9 Å². The second-order valence-corrected chi connectivity index (χ2v) is 6.30. The van der Waals surface area contributed by atoms with Crippen molar-refractivity contribution in [3.05, 3.63) is 59.5 Å². The minimum Gasteiger partial charge on any atom is -0.468 e. The van der Waals surface area contributed by atoms with Crippen LogP contribution in [0.2, 0.25) is 0 Å². The SMILES string of the molecule is CN=C(NCc1cccnc1OCC(F)(F)F)NCc1oc2ccccc2c1C.I. The summed E-state index contributed by atoms with van der Waals surface area (Å²) < 4.78 is 47.9. The van der Waals surface area contributed by atoms with Crippen LogP contribution in [0.25, 0.3) is 11.0 Å². The summed E-state index contributed by atoms with van der Waals surface area (Å²) >= 11 is 0. The normalized spacial score (nSPS) is 11.8. The fourth-order valence-electron chi connectivity index (χ4n) is 2.80. The van der Waals surface area contributed by atoms with Gasteiger partial charge in [0.1, 0.15) is 11.3 Å². The highest BCUT2D eigenvalue weighted by molar-refractivity contribution is 14.0. The predicted molar refractivity (Wildman–Crippen MR) is 119 cm³/mol. The van der Waals surface area contributed by atoms with Gasteiger partial charge in [0.05, 0.1) is 6.54 Å². The summed E-state index contributed by atoms with van der Waals surface area (Å²) in [6, 6.07) is 11.0. The molecule has 0 saturated heterocycles. The van der Waals surface area contributed by atoms with Gasteiger partial charge in [-0.3, -0.25) is 4.99 Å². The molecule has 0 fully saturated rings. The highest BCUT2D eigenvalue weighted by atomic mass is 127. The largest absolute Gasteiger partial charge is 0.468 e. The van der Waals surface area contributed by atoms with Crippen molar-refractivity contribution in [1.82, 2.24) is 15.6 Å². The first-order valence-corrected chi connectivity index (χ1v) is 8.92. The number of benzene rings is 1. The van der Waals surface area contributed by atoms with E-state index in [4.69, 9.17) is 9.15 Å². The number of nitrogens with zero attached hydrogens (tertiary/aromatic N) is 2. The number of alkyl halides is 3. The molecule has 3 aromatic rings. The molecule has 0 aliphatic heterocycles. The van der Waals surface area contributed by atoms with Crippen molar-refractivity contribution in [3.8, 4) is 5.88 Å². The van der Waals surface area contributed by atoms with Crippen molar-refractivity contribution in [3.63, 3.8) is 0 Å². The molecular formula is C20H22F3IN4O2. The van der Waals surface area contributed by atoms with E-state index in [9.17, 15) is 13.2 Å². The average molecular weight is 534 g/mol. The first-order valence-electron chi connectivity index (χ1n) is 8.92. The van der Waals surface area contributed by atoms with Gasteiger partial charge in [0, 0.05) is 36.3 Å². The first-order chi connectivity index (χ1) is 13.9. The van der Waals surface area contributed by atoms with Gasteiger partial charge in [-0.2, -0.15) is 13.2 Å². The lowest BCUT2D eigenvalue weighted by Gasteiger charge is -2.14. The maximum absolute atomic E-state index is 12.4. The molecular weight excluding hydrogens is 512 g/mol. The minimum absolute atomic E-state index is 0. The number of hydrogen-bond donors (Lipinski definition) is 2. The summed E-state index contributed by atoms with van der Waals surface area (Å²) in [7, 11) is 1.60. The molecule has 0 bridgehead atoms. The van der Waals surface area contributed by atoms with E-state index in [1.54, 1.807) is 19.2 Å². The number of ether oxygens (including phenoxy) is 1. The number of aromatic nitrogens is 1. The van der Waals surface area contributed by atoms with Crippen LogP contribution >= 0.6 is 24.0 Å². The molecule has 1 aromatic carbocycles. The fourth-order valence-corrected chi connectivity index (χ4v) is 2.80. The number of halogens is 4. The van der Waals surface area contributed by atoms with E-state index in [1.165, 1.54) is 6.20 Å². The number of aliphatic imine (C=N–C) groups is 1. The van der Waals surface area contributed by atoms with E-state index in [2.05, 4.69) is 20.6 Å². The molecule has 0 unspecified atom stereocenters. The Balaban J connectivity index is 0.00000320. The quantitative estimate of drug-likeness (QED) is 0.276. The van der Waals surface area contributed by atoms with Gasteiger partial charge in [0.25, 0.3) is 0 Å². The number of nitrogens with one attached hydrogen (secondary N) is 2. The Morgan fingerprint density at radius 2 is 1.87 bits per heavy atom. The van der Waals surface area contributed by atoms with Gasteiger partial charge in [-0.25, -0.2) is 4.98 Å². The van der Waals surface area contributed by atoms with Crippen LogP contribution in [-0.4, -0.2) is 30.8 Å². The number of hydrogen-bond acceptors (Lipinski definition) is 4. The highest BCUT2D eigenvalue weighted by Gasteiger charge is 2.29. The number of guanidine groups is 1. The molecule has 2 aromatic heterocycles. The number of aryl methyl sites for hydroxylation is 1. The van der Waals surface area contributed by atoms with Crippen LogP contribution in [0.15, 0.2) is 52.0 Å². The Hall–Kier alpha value is -2.50. The molecule has 0 spiro atoms. The number of fused-ring (bicyclic) bond motifs is 1. The Bertz CT molecular complexity index is 1010. The highest BCUT2D eigenvalue weighted by Crippen LogP contribution is 2.24. The van der Waals surface area contributed by atoms with E-state index < -0.39 is 12.8 Å². The first kappa shape index (κ1) is 23.8. The Morgan fingerprint density at radius 1 is 1.13 bits per heavy atom. The van der Waals surface area contributed by atoms with Crippen LogP contribution in [-0.2, 0) is 13.1 Å². The zero-order valence-electron chi connectivity index (χ0n) is 16.4. The summed E-state index contributed by atoms with van der Waals surface area (Å²) in [6.07, 6.45) is -3.04. The molecule has 2 heterocycles. The topological polar surface area (TPSA) is 71.7 Å². The lowest BCUT2D eigenvalue weighted by molar-refractivity contribution is -0.154. The Morgan fingerprint density at radius 3 is 2.57 bits per heavy atom. The van der Waals surface area contributed by atoms with E-state index >= 15 is 0 Å². The summed E-state index contributed by atoms with van der Waals surface area (Å²) in [5.41, 5.74) is 2.34. The van der Waals surface area contributed by atoms with Gasteiger partial charge in [-0.1, -0.05) is 24.3 Å². The molecule has 0 amide bonds. The molecule has 0 aliphatic rings. The lowest BCUT2D eigenvalue weighted by atomic mass is 10.1. The van der Waals surface area contributed by atoms with Crippen LogP contribution < -0.4 is 15.4 Å². The van der Waals surface area contributed by atoms with Crippen molar-refractivity contribution in [2.24, 2.45) is 4.99 Å². The molecule has 0 saturated carbocycles. The van der Waals surface area contributed by atoms with Crippen LogP contribution in [0.4, 0.5) is 13.2 Å². The molecule has 10 heteroatoms. The number of rotatable bonds is 6. The fraction of sp³-hybridized carbons (Fsp3) is 0.300. The molecule has 0 aliphatic carbocycles. The lowest BCUT2D eigenvalue weighted by Crippen LogP contribution is -2.36. The number of para-hydroxylation sites is 1.